The maximum Gasteiger partial charge on any atom is 0.0640 e. The van der Waals surface area contributed by atoms with Crippen LogP contribution in [0.4, 0.5) is 0 Å². The van der Waals surface area contributed by atoms with E-state index in [1.165, 1.54) is 10.9 Å². The van der Waals surface area contributed by atoms with Crippen molar-refractivity contribution in [3.05, 3.63) is 71.3 Å². The maximum absolute atomic E-state index is 6.34. The molecule has 0 aliphatic heterocycles. The van der Waals surface area contributed by atoms with Gasteiger partial charge in [-0.1, -0.05) is 36.7 Å². The molecule has 1 aromatic carbocycles. The van der Waals surface area contributed by atoms with Gasteiger partial charge in [0.1, 0.15) is 0 Å². The van der Waals surface area contributed by atoms with Crippen LogP contribution < -0.4 is 5.32 Å². The third kappa shape index (κ3) is 2.75. The van der Waals surface area contributed by atoms with Crippen molar-refractivity contribution >= 4 is 22.4 Å². The van der Waals surface area contributed by atoms with E-state index in [2.05, 4.69) is 40.4 Å². The molecule has 3 aromatic rings. The van der Waals surface area contributed by atoms with Gasteiger partial charge in [-0.05, 0) is 35.2 Å². The van der Waals surface area contributed by atoms with Gasteiger partial charge in [-0.15, -0.1) is 0 Å². The van der Waals surface area contributed by atoms with Crippen LogP contribution in [-0.2, 0) is 0 Å². The van der Waals surface area contributed by atoms with Crippen molar-refractivity contribution in [2.75, 3.05) is 6.54 Å². The quantitative estimate of drug-likeness (QED) is 0.791. The van der Waals surface area contributed by atoms with E-state index in [1.54, 1.807) is 12.4 Å². The fourth-order valence-corrected chi connectivity index (χ4v) is 2.83. The highest BCUT2D eigenvalue weighted by Crippen LogP contribution is 2.31. The molecule has 3 rings (SSSR count). The zero-order valence-electron chi connectivity index (χ0n) is 11.8. The first-order valence-electron chi connectivity index (χ1n) is 6.96. The molecule has 0 aliphatic rings. The predicted octanol–water partition coefficient (Wildman–Crippen LogP) is 3.98. The molecule has 4 heteroatoms. The standard InChI is InChI=1S/C17H16ClN3/c1-2-21-17(14-7-9-20-11-16(14)18)13-5-3-4-12-6-8-19-10-15(12)13/h3-11,17,21H,2H2,1H3. The molecule has 0 saturated heterocycles. The lowest BCUT2D eigenvalue weighted by molar-refractivity contribution is 0.634. The average Bonchev–Trinajstić information content (AvgIpc) is 2.53. The highest BCUT2D eigenvalue weighted by atomic mass is 35.5. The first-order valence-corrected chi connectivity index (χ1v) is 7.34. The molecule has 1 atom stereocenters. The number of hydrogen-bond donors (Lipinski definition) is 1. The minimum Gasteiger partial charge on any atom is -0.306 e. The zero-order chi connectivity index (χ0) is 14.7. The van der Waals surface area contributed by atoms with E-state index >= 15 is 0 Å². The molecule has 1 unspecified atom stereocenters. The van der Waals surface area contributed by atoms with Gasteiger partial charge in [-0.2, -0.15) is 0 Å². The zero-order valence-corrected chi connectivity index (χ0v) is 12.5. The summed E-state index contributed by atoms with van der Waals surface area (Å²) in [6, 6.07) is 10.3. The van der Waals surface area contributed by atoms with Crippen LogP contribution in [0.5, 0.6) is 0 Å². The van der Waals surface area contributed by atoms with Crippen molar-refractivity contribution in [2.24, 2.45) is 0 Å². The number of hydrogen-bond acceptors (Lipinski definition) is 3. The van der Waals surface area contributed by atoms with Gasteiger partial charge in [0.2, 0.25) is 0 Å². The Balaban J connectivity index is 2.19. The fourth-order valence-electron chi connectivity index (χ4n) is 2.60. The Labute approximate surface area is 129 Å². The van der Waals surface area contributed by atoms with E-state index in [1.807, 2.05) is 24.5 Å². The highest BCUT2D eigenvalue weighted by molar-refractivity contribution is 6.31. The average molecular weight is 298 g/mol. The summed E-state index contributed by atoms with van der Waals surface area (Å²) in [5.41, 5.74) is 2.21. The monoisotopic (exact) mass is 297 g/mol. The largest absolute Gasteiger partial charge is 0.306 e. The molecule has 2 heterocycles. The lowest BCUT2D eigenvalue weighted by Crippen LogP contribution is -2.22. The number of pyridine rings is 2. The predicted molar refractivity (Wildman–Crippen MR) is 86.5 cm³/mol. The maximum atomic E-state index is 6.34. The molecule has 0 fully saturated rings. The van der Waals surface area contributed by atoms with Crippen LogP contribution in [0.2, 0.25) is 5.02 Å². The Hall–Kier alpha value is -1.97. The number of halogens is 1. The first kappa shape index (κ1) is 14.0. The Bertz CT molecular complexity index is 752. The van der Waals surface area contributed by atoms with Gasteiger partial charge in [-0.25, -0.2) is 0 Å². The molecular formula is C17H16ClN3. The van der Waals surface area contributed by atoms with E-state index in [-0.39, 0.29) is 6.04 Å². The van der Waals surface area contributed by atoms with Gasteiger partial charge >= 0.3 is 0 Å². The second-order valence-corrected chi connectivity index (χ2v) is 5.24. The van der Waals surface area contributed by atoms with E-state index in [9.17, 15) is 0 Å². The first-order chi connectivity index (χ1) is 10.3. The minimum absolute atomic E-state index is 0.0263. The SMILES string of the molecule is CCNC(c1ccncc1Cl)c1cccc2ccncc12. The fraction of sp³-hybridized carbons (Fsp3) is 0.176. The Kier molecular flexibility index (Phi) is 4.13. The Morgan fingerprint density at radius 3 is 2.67 bits per heavy atom. The van der Waals surface area contributed by atoms with Crippen LogP contribution in [0.1, 0.15) is 24.1 Å². The molecule has 0 amide bonds. The molecule has 21 heavy (non-hydrogen) atoms. The van der Waals surface area contributed by atoms with E-state index in [0.717, 1.165) is 17.5 Å². The summed E-state index contributed by atoms with van der Waals surface area (Å²) in [6.45, 7) is 2.94. The smallest absolute Gasteiger partial charge is 0.0640 e. The highest BCUT2D eigenvalue weighted by Gasteiger charge is 2.18. The summed E-state index contributed by atoms with van der Waals surface area (Å²) in [7, 11) is 0. The summed E-state index contributed by atoms with van der Waals surface area (Å²) in [6.07, 6.45) is 7.18. The molecule has 3 nitrogen and oxygen atoms in total. The van der Waals surface area contributed by atoms with Gasteiger partial charge in [-0.3, -0.25) is 9.97 Å². The Morgan fingerprint density at radius 1 is 1.05 bits per heavy atom. The number of fused-ring (bicyclic) bond motifs is 1. The topological polar surface area (TPSA) is 37.8 Å². The molecule has 0 radical (unpaired) electrons. The van der Waals surface area contributed by atoms with Crippen LogP contribution in [0.25, 0.3) is 10.8 Å². The number of aromatic nitrogens is 2. The van der Waals surface area contributed by atoms with Crippen molar-refractivity contribution in [1.29, 1.82) is 0 Å². The Morgan fingerprint density at radius 2 is 1.86 bits per heavy atom. The van der Waals surface area contributed by atoms with Crippen molar-refractivity contribution in [1.82, 2.24) is 15.3 Å². The van der Waals surface area contributed by atoms with Gasteiger partial charge < -0.3 is 5.32 Å². The van der Waals surface area contributed by atoms with E-state index in [4.69, 9.17) is 11.6 Å². The third-order valence-corrected chi connectivity index (χ3v) is 3.87. The molecule has 0 saturated carbocycles. The number of nitrogens with one attached hydrogen (secondary N) is 1. The van der Waals surface area contributed by atoms with Crippen molar-refractivity contribution < 1.29 is 0 Å². The van der Waals surface area contributed by atoms with Gasteiger partial charge in [0, 0.05) is 30.2 Å². The van der Waals surface area contributed by atoms with Crippen molar-refractivity contribution in [3.8, 4) is 0 Å². The molecule has 106 valence electrons. The lowest BCUT2D eigenvalue weighted by atomic mass is 9.95. The van der Waals surface area contributed by atoms with Crippen LogP contribution >= 0.6 is 11.6 Å². The van der Waals surface area contributed by atoms with E-state index < -0.39 is 0 Å². The van der Waals surface area contributed by atoms with Crippen LogP contribution in [-0.4, -0.2) is 16.5 Å². The molecule has 0 aliphatic carbocycles. The molecule has 0 bridgehead atoms. The second kappa shape index (κ2) is 6.20. The van der Waals surface area contributed by atoms with Crippen LogP contribution in [0, 0.1) is 0 Å². The summed E-state index contributed by atoms with van der Waals surface area (Å²) in [5, 5.41) is 6.49. The summed E-state index contributed by atoms with van der Waals surface area (Å²) in [4.78, 5) is 8.33. The number of nitrogens with zero attached hydrogens (tertiary/aromatic N) is 2. The lowest BCUT2D eigenvalue weighted by Gasteiger charge is -2.21. The minimum atomic E-state index is 0.0263. The van der Waals surface area contributed by atoms with Crippen LogP contribution in [0.15, 0.2) is 55.1 Å². The number of benzene rings is 1. The summed E-state index contributed by atoms with van der Waals surface area (Å²) < 4.78 is 0. The normalized spacial score (nSPS) is 12.5. The summed E-state index contributed by atoms with van der Waals surface area (Å²) >= 11 is 6.34. The van der Waals surface area contributed by atoms with Crippen molar-refractivity contribution in [2.45, 2.75) is 13.0 Å². The second-order valence-electron chi connectivity index (χ2n) is 4.83. The molecular weight excluding hydrogens is 282 g/mol. The summed E-state index contributed by atoms with van der Waals surface area (Å²) in [5.74, 6) is 0. The molecule has 1 N–H and O–H groups in total. The van der Waals surface area contributed by atoms with E-state index in [0.29, 0.717) is 5.02 Å². The van der Waals surface area contributed by atoms with Gasteiger partial charge in [0.05, 0.1) is 11.1 Å². The van der Waals surface area contributed by atoms with Crippen LogP contribution in [0.3, 0.4) is 0 Å². The van der Waals surface area contributed by atoms with Gasteiger partial charge in [0.25, 0.3) is 0 Å². The number of rotatable bonds is 4. The third-order valence-electron chi connectivity index (χ3n) is 3.55. The molecule has 0 spiro atoms. The van der Waals surface area contributed by atoms with Gasteiger partial charge in [0.15, 0.2) is 0 Å². The van der Waals surface area contributed by atoms with Crippen molar-refractivity contribution in [3.63, 3.8) is 0 Å². The molecule has 2 aromatic heterocycles.